The quantitative estimate of drug-likeness (QED) is 0.177. The molecule has 9 nitrogen and oxygen atoms in total. The topological polar surface area (TPSA) is 138 Å². The Morgan fingerprint density at radius 1 is 0.976 bits per heavy atom. The number of carbonyl (C=O) groups excluding carboxylic acids is 1. The molecule has 1 saturated heterocycles. The normalized spacial score (nSPS) is 14.9. The third kappa shape index (κ3) is 7.84. The van der Waals surface area contributed by atoms with Crippen LogP contribution in [0, 0.1) is 6.92 Å². The van der Waals surface area contributed by atoms with E-state index in [-0.39, 0.29) is 12.4 Å². The zero-order valence-corrected chi connectivity index (χ0v) is 23.7. The van der Waals surface area contributed by atoms with Crippen LogP contribution in [0.3, 0.4) is 0 Å². The number of aliphatic hydroxyl groups is 1. The number of ketones is 1. The van der Waals surface area contributed by atoms with Gasteiger partial charge in [0.05, 0.1) is 5.39 Å². The number of furan rings is 1. The van der Waals surface area contributed by atoms with Gasteiger partial charge in [-0.25, -0.2) is 9.59 Å². The number of carboxylic acid groups (broad SMARTS) is 2. The molecule has 0 bridgehead atoms. The lowest BCUT2D eigenvalue weighted by molar-refractivity contribution is -0.134. The van der Waals surface area contributed by atoms with E-state index < -0.39 is 18.0 Å². The van der Waals surface area contributed by atoms with Crippen LogP contribution >= 0.6 is 0 Å². The molecule has 1 fully saturated rings. The highest BCUT2D eigenvalue weighted by Crippen LogP contribution is 2.34. The van der Waals surface area contributed by atoms with Crippen molar-refractivity contribution < 1.29 is 38.9 Å². The summed E-state index contributed by atoms with van der Waals surface area (Å²) < 4.78 is 11.7. The van der Waals surface area contributed by atoms with Crippen molar-refractivity contribution >= 4 is 39.5 Å². The number of aliphatic hydroxyl groups excluding tert-OH is 1. The van der Waals surface area contributed by atoms with Crippen molar-refractivity contribution in [2.75, 3.05) is 26.2 Å². The number of benzene rings is 3. The molecule has 0 radical (unpaired) electrons. The number of fused-ring (bicyclic) bond motifs is 2. The summed E-state index contributed by atoms with van der Waals surface area (Å²) in [6, 6.07) is 20.8. The third-order valence-electron chi connectivity index (χ3n) is 7.34. The number of likely N-dealkylation sites (tertiary alicyclic amines) is 1. The summed E-state index contributed by atoms with van der Waals surface area (Å²) in [7, 11) is 0. The van der Waals surface area contributed by atoms with Gasteiger partial charge < -0.3 is 29.4 Å². The van der Waals surface area contributed by atoms with Gasteiger partial charge in [0.15, 0.2) is 11.5 Å². The average molecular weight is 574 g/mol. The fourth-order valence-electron chi connectivity index (χ4n) is 5.31. The molecule has 1 aromatic heterocycles. The van der Waals surface area contributed by atoms with Gasteiger partial charge in [-0.1, -0.05) is 48.5 Å². The summed E-state index contributed by atoms with van der Waals surface area (Å²) in [4.78, 5) is 33.3. The zero-order chi connectivity index (χ0) is 30.2. The van der Waals surface area contributed by atoms with Crippen LogP contribution in [-0.2, 0) is 9.59 Å². The number of hydrogen-bond acceptors (Lipinski definition) is 7. The van der Waals surface area contributed by atoms with E-state index in [2.05, 4.69) is 47.4 Å². The Balaban J connectivity index is 0.000000446. The first-order valence-corrected chi connectivity index (χ1v) is 13.8. The number of ether oxygens (including phenoxy) is 1. The summed E-state index contributed by atoms with van der Waals surface area (Å²) in [5, 5.41) is 29.7. The van der Waals surface area contributed by atoms with Gasteiger partial charge in [0, 0.05) is 31.2 Å². The molecule has 0 aliphatic carbocycles. The third-order valence-corrected chi connectivity index (χ3v) is 7.34. The van der Waals surface area contributed by atoms with Crippen LogP contribution in [0.1, 0.15) is 47.4 Å². The number of Topliss-reactive ketones (excluding diaryl/α,β-unsaturated/α-hetero) is 1. The van der Waals surface area contributed by atoms with Gasteiger partial charge in [-0.3, -0.25) is 4.79 Å². The molecule has 0 amide bonds. The van der Waals surface area contributed by atoms with E-state index in [1.165, 1.54) is 23.3 Å². The van der Waals surface area contributed by atoms with Crippen LogP contribution in [0.25, 0.3) is 21.7 Å². The maximum absolute atomic E-state index is 11.8. The highest BCUT2D eigenvalue weighted by Gasteiger charge is 2.23. The lowest BCUT2D eigenvalue weighted by Crippen LogP contribution is -2.40. The predicted octanol–water partition coefficient (Wildman–Crippen LogP) is 5.43. The first-order valence-electron chi connectivity index (χ1n) is 13.8. The molecule has 5 rings (SSSR count). The van der Waals surface area contributed by atoms with Gasteiger partial charge in [0.2, 0.25) is 0 Å². The SMILES string of the molecule is CC(=O)c1oc2cccc(OC[C@@H](O)CN3CCC(c4ccc5ccccc5c4)CC3)c2c1C.O=C(O)C=CC(=O)O. The molecule has 0 saturated carbocycles. The predicted molar refractivity (Wildman–Crippen MR) is 159 cm³/mol. The minimum atomic E-state index is -1.26. The number of rotatable bonds is 9. The van der Waals surface area contributed by atoms with Crippen LogP contribution in [-0.4, -0.2) is 70.3 Å². The number of aryl methyl sites for hydroxylation is 1. The molecule has 1 aliphatic rings. The van der Waals surface area contributed by atoms with E-state index in [0.29, 0.717) is 41.7 Å². The Hall–Kier alpha value is -4.47. The first kappa shape index (κ1) is 30.5. The molecule has 4 aromatic rings. The van der Waals surface area contributed by atoms with Crippen LogP contribution in [0.2, 0.25) is 0 Å². The van der Waals surface area contributed by atoms with Crippen molar-refractivity contribution in [3.8, 4) is 5.75 Å². The van der Waals surface area contributed by atoms with Gasteiger partial charge in [0.1, 0.15) is 24.0 Å². The molecular formula is C33H35NO8. The second-order valence-corrected chi connectivity index (χ2v) is 10.4. The average Bonchev–Trinajstić information content (AvgIpc) is 3.32. The molecule has 1 aliphatic heterocycles. The highest BCUT2D eigenvalue weighted by atomic mass is 16.5. The Morgan fingerprint density at radius 2 is 1.64 bits per heavy atom. The number of β-amino-alcohol motifs (C(OH)–C–C–N with tert-alkyl or cyclic N) is 1. The number of carbonyl (C=O) groups is 3. The van der Waals surface area contributed by atoms with Crippen molar-refractivity contribution in [3.63, 3.8) is 0 Å². The van der Waals surface area contributed by atoms with Crippen molar-refractivity contribution in [2.45, 2.75) is 38.7 Å². The minimum Gasteiger partial charge on any atom is -0.490 e. The Morgan fingerprint density at radius 3 is 2.29 bits per heavy atom. The fraction of sp³-hybridized carbons (Fsp3) is 0.303. The second-order valence-electron chi connectivity index (χ2n) is 10.4. The van der Waals surface area contributed by atoms with Crippen LogP contribution < -0.4 is 4.74 Å². The summed E-state index contributed by atoms with van der Waals surface area (Å²) >= 11 is 0. The summed E-state index contributed by atoms with van der Waals surface area (Å²) in [6.07, 6.45) is 2.71. The number of piperidine rings is 1. The number of hydrogen-bond donors (Lipinski definition) is 3. The van der Waals surface area contributed by atoms with Gasteiger partial charge >= 0.3 is 11.9 Å². The summed E-state index contributed by atoms with van der Waals surface area (Å²) in [6.45, 7) is 6.08. The Kier molecular flexibility index (Phi) is 10.1. The highest BCUT2D eigenvalue weighted by molar-refractivity contribution is 6.00. The van der Waals surface area contributed by atoms with Crippen molar-refractivity contribution in [2.24, 2.45) is 0 Å². The molecule has 3 N–H and O–H groups in total. The van der Waals surface area contributed by atoms with E-state index in [4.69, 9.17) is 19.4 Å². The van der Waals surface area contributed by atoms with Crippen LogP contribution in [0.5, 0.6) is 5.75 Å². The molecule has 0 unspecified atom stereocenters. The molecule has 1 atom stereocenters. The molecule has 9 heteroatoms. The lowest BCUT2D eigenvalue weighted by Gasteiger charge is -2.33. The van der Waals surface area contributed by atoms with Crippen LogP contribution in [0.15, 0.2) is 77.2 Å². The number of carboxylic acids is 2. The largest absolute Gasteiger partial charge is 0.490 e. The van der Waals surface area contributed by atoms with Gasteiger partial charge in [-0.15, -0.1) is 0 Å². The fourth-order valence-corrected chi connectivity index (χ4v) is 5.31. The van der Waals surface area contributed by atoms with Crippen LogP contribution in [0.4, 0.5) is 0 Å². The standard InChI is InChI=1S/C29H31NO4.C4H4O4/c1-19-28-26(8-5-9-27(28)34-29(19)20(2)31)33-18-25(32)17-30-14-12-22(13-15-30)24-11-10-21-6-3-4-7-23(21)16-24;5-3(6)1-2-4(7)8/h3-11,16,22,25,32H,12-15,17-18H2,1-2H3;1-2H,(H,5,6)(H,7,8)/t25-;/m0./s1. The van der Waals surface area contributed by atoms with Crippen molar-refractivity contribution in [1.82, 2.24) is 4.90 Å². The molecule has 3 aromatic carbocycles. The Bertz CT molecular complexity index is 1580. The number of nitrogens with zero attached hydrogens (tertiary/aromatic N) is 1. The van der Waals surface area contributed by atoms with E-state index in [1.807, 2.05) is 25.1 Å². The van der Waals surface area contributed by atoms with Gasteiger partial charge in [-0.2, -0.15) is 0 Å². The molecule has 220 valence electrons. The van der Waals surface area contributed by atoms with Crippen molar-refractivity contribution in [1.29, 1.82) is 0 Å². The maximum atomic E-state index is 11.8. The summed E-state index contributed by atoms with van der Waals surface area (Å²) in [5.41, 5.74) is 2.82. The summed E-state index contributed by atoms with van der Waals surface area (Å²) in [5.74, 6) is -1.06. The zero-order valence-electron chi connectivity index (χ0n) is 23.7. The van der Waals surface area contributed by atoms with Gasteiger partial charge in [-0.05, 0) is 67.2 Å². The maximum Gasteiger partial charge on any atom is 0.328 e. The molecule has 2 heterocycles. The van der Waals surface area contributed by atoms with Crippen molar-refractivity contribution in [3.05, 3.63) is 89.7 Å². The lowest BCUT2D eigenvalue weighted by atomic mass is 9.88. The van der Waals surface area contributed by atoms with E-state index in [9.17, 15) is 19.5 Å². The Labute approximate surface area is 243 Å². The smallest absolute Gasteiger partial charge is 0.328 e. The van der Waals surface area contributed by atoms with E-state index >= 15 is 0 Å². The number of aliphatic carboxylic acids is 2. The second kappa shape index (κ2) is 13.9. The first-order chi connectivity index (χ1) is 20.1. The van der Waals surface area contributed by atoms with E-state index in [1.54, 1.807) is 0 Å². The van der Waals surface area contributed by atoms with E-state index in [0.717, 1.165) is 36.9 Å². The minimum absolute atomic E-state index is 0.105. The molecular weight excluding hydrogens is 538 g/mol. The molecule has 0 spiro atoms. The monoisotopic (exact) mass is 573 g/mol. The van der Waals surface area contributed by atoms with Gasteiger partial charge in [0.25, 0.3) is 0 Å². The molecule has 42 heavy (non-hydrogen) atoms.